The maximum Gasteiger partial charge on any atom is 0.228 e. The van der Waals surface area contributed by atoms with E-state index in [1.54, 1.807) is 17.2 Å². The molecule has 2 heterocycles. The molecule has 0 aliphatic carbocycles. The molecule has 0 bridgehead atoms. The van der Waals surface area contributed by atoms with E-state index in [1.165, 1.54) is 30.0 Å². The first-order chi connectivity index (χ1) is 12.6. The number of hydrogen-bond acceptors (Lipinski definition) is 6. The normalized spacial score (nSPS) is 15.4. The monoisotopic (exact) mass is 386 g/mol. The van der Waals surface area contributed by atoms with Crippen LogP contribution in [0.4, 0.5) is 5.13 Å². The molecule has 134 valence electrons. The molecule has 3 rings (SSSR count). The summed E-state index contributed by atoms with van der Waals surface area (Å²) >= 11 is 2.83. The predicted octanol–water partition coefficient (Wildman–Crippen LogP) is 3.72. The standard InChI is InChI=1S/C18H18N4O2S2/c1-3-10-25-18-21-20-17(26-18)19-16(24)11-15-14-7-5-4-6-13(14)8-9-22(15)12(2)23/h3-9,15H,1,10-11H2,2H3,(H,19,20,24)/t15-/m0/s1. The number of amides is 2. The number of thioether (sulfide) groups is 1. The highest BCUT2D eigenvalue weighted by Gasteiger charge is 2.28. The summed E-state index contributed by atoms with van der Waals surface area (Å²) < 4.78 is 0.775. The number of carbonyl (C=O) groups excluding carboxylic acids is 2. The molecule has 1 aliphatic heterocycles. The third-order valence-corrected chi connectivity index (χ3v) is 5.79. The minimum atomic E-state index is -0.337. The van der Waals surface area contributed by atoms with E-state index in [9.17, 15) is 9.59 Å². The van der Waals surface area contributed by atoms with E-state index in [4.69, 9.17) is 0 Å². The molecule has 8 heteroatoms. The van der Waals surface area contributed by atoms with Crippen molar-refractivity contribution >= 4 is 46.1 Å². The molecule has 1 atom stereocenters. The fourth-order valence-corrected chi connectivity index (χ4v) is 4.24. The zero-order valence-electron chi connectivity index (χ0n) is 14.2. The number of hydrogen-bond donors (Lipinski definition) is 1. The van der Waals surface area contributed by atoms with Crippen LogP contribution in [0.2, 0.25) is 0 Å². The Balaban J connectivity index is 1.72. The maximum absolute atomic E-state index is 12.5. The van der Waals surface area contributed by atoms with Gasteiger partial charge in [0.2, 0.25) is 16.9 Å². The number of fused-ring (bicyclic) bond motifs is 1. The molecule has 0 fully saturated rings. The second kappa shape index (κ2) is 8.29. The second-order valence-electron chi connectivity index (χ2n) is 5.61. The van der Waals surface area contributed by atoms with Crippen molar-refractivity contribution < 1.29 is 9.59 Å². The van der Waals surface area contributed by atoms with Gasteiger partial charge in [0.15, 0.2) is 4.34 Å². The quantitative estimate of drug-likeness (QED) is 0.465. The number of nitrogens with one attached hydrogen (secondary N) is 1. The molecule has 1 N–H and O–H groups in total. The average Bonchev–Trinajstić information content (AvgIpc) is 3.07. The van der Waals surface area contributed by atoms with Gasteiger partial charge in [0.25, 0.3) is 0 Å². The van der Waals surface area contributed by atoms with Crippen LogP contribution in [0, 0.1) is 0 Å². The number of carbonyl (C=O) groups is 2. The third kappa shape index (κ3) is 4.20. The highest BCUT2D eigenvalue weighted by Crippen LogP contribution is 2.33. The predicted molar refractivity (Wildman–Crippen MR) is 105 cm³/mol. The van der Waals surface area contributed by atoms with E-state index < -0.39 is 0 Å². The molecule has 1 aromatic carbocycles. The maximum atomic E-state index is 12.5. The molecule has 0 unspecified atom stereocenters. The lowest BCUT2D eigenvalue weighted by atomic mass is 9.93. The first-order valence-corrected chi connectivity index (χ1v) is 9.81. The Hall–Kier alpha value is -2.45. The van der Waals surface area contributed by atoms with Crippen molar-refractivity contribution in [1.82, 2.24) is 15.1 Å². The van der Waals surface area contributed by atoms with Crippen LogP contribution >= 0.6 is 23.1 Å². The van der Waals surface area contributed by atoms with Gasteiger partial charge in [-0.1, -0.05) is 53.4 Å². The van der Waals surface area contributed by atoms with Gasteiger partial charge in [-0.05, 0) is 17.2 Å². The third-order valence-electron chi connectivity index (χ3n) is 3.83. The van der Waals surface area contributed by atoms with Gasteiger partial charge in [-0.2, -0.15) is 0 Å². The van der Waals surface area contributed by atoms with E-state index in [0.717, 1.165) is 21.2 Å². The van der Waals surface area contributed by atoms with Crippen LogP contribution in [0.5, 0.6) is 0 Å². The SMILES string of the molecule is C=CCSc1nnc(NC(=O)C[C@H]2c3ccccc3C=CN2C(C)=O)s1. The summed E-state index contributed by atoms with van der Waals surface area (Å²) in [5.74, 6) is 0.428. The van der Waals surface area contributed by atoms with Crippen molar-refractivity contribution in [2.24, 2.45) is 0 Å². The Kier molecular flexibility index (Phi) is 5.85. The van der Waals surface area contributed by atoms with Crippen LogP contribution in [-0.4, -0.2) is 32.7 Å². The van der Waals surface area contributed by atoms with Gasteiger partial charge in [0.1, 0.15) is 0 Å². The lowest BCUT2D eigenvalue weighted by Gasteiger charge is -2.32. The Morgan fingerprint density at radius 3 is 2.96 bits per heavy atom. The minimum Gasteiger partial charge on any atom is -0.311 e. The summed E-state index contributed by atoms with van der Waals surface area (Å²) in [5.41, 5.74) is 1.97. The Bertz CT molecular complexity index is 862. The lowest BCUT2D eigenvalue weighted by Crippen LogP contribution is -2.33. The zero-order chi connectivity index (χ0) is 18.5. The van der Waals surface area contributed by atoms with Crippen molar-refractivity contribution in [3.8, 4) is 0 Å². The van der Waals surface area contributed by atoms with Crippen LogP contribution < -0.4 is 5.32 Å². The number of nitrogens with zero attached hydrogens (tertiary/aromatic N) is 3. The molecule has 6 nitrogen and oxygen atoms in total. The highest BCUT2D eigenvalue weighted by molar-refractivity contribution is 8.01. The molecule has 1 aliphatic rings. The fraction of sp³-hybridized carbons (Fsp3) is 0.222. The van der Waals surface area contributed by atoms with Gasteiger partial charge in [-0.25, -0.2) is 0 Å². The number of anilines is 1. The molecular weight excluding hydrogens is 368 g/mol. The van der Waals surface area contributed by atoms with Gasteiger partial charge < -0.3 is 10.2 Å². The molecule has 26 heavy (non-hydrogen) atoms. The number of aromatic nitrogens is 2. The van der Waals surface area contributed by atoms with E-state index >= 15 is 0 Å². The van der Waals surface area contributed by atoms with Gasteiger partial charge in [0.05, 0.1) is 12.5 Å². The molecule has 2 aromatic rings. The van der Waals surface area contributed by atoms with Gasteiger partial charge in [0, 0.05) is 18.9 Å². The molecular formula is C18H18N4O2S2. The molecule has 0 radical (unpaired) electrons. The summed E-state index contributed by atoms with van der Waals surface area (Å²) in [5, 5.41) is 11.2. The fourth-order valence-electron chi connectivity index (χ4n) is 2.71. The van der Waals surface area contributed by atoms with Crippen LogP contribution in [-0.2, 0) is 9.59 Å². The minimum absolute atomic E-state index is 0.104. The van der Waals surface area contributed by atoms with Crippen molar-refractivity contribution in [2.45, 2.75) is 23.7 Å². The van der Waals surface area contributed by atoms with Crippen LogP contribution in [0.25, 0.3) is 6.08 Å². The van der Waals surface area contributed by atoms with Gasteiger partial charge >= 0.3 is 0 Å². The van der Waals surface area contributed by atoms with Crippen LogP contribution in [0.1, 0.15) is 30.5 Å². The van der Waals surface area contributed by atoms with Crippen molar-refractivity contribution in [3.05, 3.63) is 54.2 Å². The molecule has 2 amide bonds. The molecule has 0 saturated carbocycles. The van der Waals surface area contributed by atoms with E-state index in [1.807, 2.05) is 30.3 Å². The van der Waals surface area contributed by atoms with Gasteiger partial charge in [-0.15, -0.1) is 16.8 Å². The zero-order valence-corrected chi connectivity index (χ0v) is 15.8. The Morgan fingerprint density at radius 1 is 1.38 bits per heavy atom. The summed E-state index contributed by atoms with van der Waals surface area (Å²) in [6.45, 7) is 5.16. The van der Waals surface area contributed by atoms with Gasteiger partial charge in [-0.3, -0.25) is 9.59 Å². The summed E-state index contributed by atoms with van der Waals surface area (Å²) in [7, 11) is 0. The first kappa shape index (κ1) is 18.3. The molecule has 0 spiro atoms. The smallest absolute Gasteiger partial charge is 0.228 e. The number of rotatable bonds is 6. The molecule has 0 saturated heterocycles. The van der Waals surface area contributed by atoms with E-state index in [2.05, 4.69) is 22.1 Å². The van der Waals surface area contributed by atoms with Crippen LogP contribution in [0.3, 0.4) is 0 Å². The topological polar surface area (TPSA) is 75.2 Å². The van der Waals surface area contributed by atoms with Crippen molar-refractivity contribution in [3.63, 3.8) is 0 Å². The van der Waals surface area contributed by atoms with E-state index in [0.29, 0.717) is 5.13 Å². The Morgan fingerprint density at radius 2 is 2.19 bits per heavy atom. The largest absolute Gasteiger partial charge is 0.311 e. The summed E-state index contributed by atoms with van der Waals surface area (Å²) in [6.07, 6.45) is 5.56. The highest BCUT2D eigenvalue weighted by atomic mass is 32.2. The van der Waals surface area contributed by atoms with Crippen LogP contribution in [0.15, 0.2) is 47.5 Å². The van der Waals surface area contributed by atoms with E-state index in [-0.39, 0.29) is 24.3 Å². The summed E-state index contributed by atoms with van der Waals surface area (Å²) in [4.78, 5) is 26.1. The number of benzene rings is 1. The lowest BCUT2D eigenvalue weighted by molar-refractivity contribution is -0.129. The second-order valence-corrected chi connectivity index (χ2v) is 7.86. The van der Waals surface area contributed by atoms with Crippen molar-refractivity contribution in [2.75, 3.05) is 11.1 Å². The van der Waals surface area contributed by atoms with Crippen molar-refractivity contribution in [1.29, 1.82) is 0 Å². The average molecular weight is 387 g/mol. The first-order valence-electron chi connectivity index (χ1n) is 8.01. The Labute approximate surface area is 160 Å². The molecule has 1 aromatic heterocycles. The summed E-state index contributed by atoms with van der Waals surface area (Å²) in [6, 6.07) is 7.43.